The van der Waals surface area contributed by atoms with Crippen molar-refractivity contribution in [3.8, 4) is 0 Å². The highest BCUT2D eigenvalue weighted by Gasteiger charge is 2.55. The Kier molecular flexibility index (Phi) is 3.38. The molecule has 1 aromatic heterocycles. The van der Waals surface area contributed by atoms with E-state index in [-0.39, 0.29) is 5.91 Å². The number of carboxylic acids is 1. The molecular formula is C17H16ClN3O3. The fourth-order valence-corrected chi connectivity index (χ4v) is 3.67. The number of carboxylic acid groups (broad SMARTS) is 1. The summed E-state index contributed by atoms with van der Waals surface area (Å²) < 4.78 is 0. The van der Waals surface area contributed by atoms with Gasteiger partial charge in [-0.2, -0.15) is 0 Å². The molecule has 0 bridgehead atoms. The van der Waals surface area contributed by atoms with Crippen LogP contribution in [-0.2, 0) is 21.4 Å². The van der Waals surface area contributed by atoms with Crippen molar-refractivity contribution in [3.63, 3.8) is 0 Å². The van der Waals surface area contributed by atoms with Gasteiger partial charge in [0.05, 0.1) is 17.4 Å². The summed E-state index contributed by atoms with van der Waals surface area (Å²) in [5, 5.41) is 10.3. The zero-order valence-electron chi connectivity index (χ0n) is 12.8. The second-order valence-corrected chi connectivity index (χ2v) is 6.78. The Morgan fingerprint density at radius 2 is 2.00 bits per heavy atom. The number of imidazole rings is 1. The highest BCUT2D eigenvalue weighted by atomic mass is 35.5. The van der Waals surface area contributed by atoms with Crippen LogP contribution in [-0.4, -0.2) is 38.4 Å². The van der Waals surface area contributed by atoms with E-state index in [2.05, 4.69) is 9.97 Å². The first-order valence-electron chi connectivity index (χ1n) is 7.85. The number of aliphatic carboxylic acids is 1. The topological polar surface area (TPSA) is 86.3 Å². The van der Waals surface area contributed by atoms with E-state index < -0.39 is 17.4 Å². The minimum Gasteiger partial charge on any atom is -0.479 e. The molecule has 1 atom stereocenters. The van der Waals surface area contributed by atoms with Crippen molar-refractivity contribution in [2.45, 2.75) is 30.7 Å². The van der Waals surface area contributed by atoms with Crippen LogP contribution < -0.4 is 0 Å². The Bertz CT molecular complexity index is 811. The number of rotatable bonds is 3. The van der Waals surface area contributed by atoms with Gasteiger partial charge < -0.3 is 15.0 Å². The Balaban J connectivity index is 1.69. The molecule has 1 saturated carbocycles. The van der Waals surface area contributed by atoms with Crippen molar-refractivity contribution in [1.29, 1.82) is 0 Å². The molecule has 2 aliphatic rings. The Morgan fingerprint density at radius 1 is 1.29 bits per heavy atom. The average molecular weight is 346 g/mol. The number of aromatic amines is 1. The number of nitrogens with zero attached hydrogens (tertiary/aromatic N) is 2. The number of nitrogens with one attached hydrogen (secondary N) is 1. The summed E-state index contributed by atoms with van der Waals surface area (Å²) in [7, 11) is 0. The number of carbonyl (C=O) groups is 2. The van der Waals surface area contributed by atoms with Crippen molar-refractivity contribution in [3.05, 3.63) is 52.6 Å². The van der Waals surface area contributed by atoms with Gasteiger partial charge in [-0.25, -0.2) is 9.78 Å². The molecule has 24 heavy (non-hydrogen) atoms. The van der Waals surface area contributed by atoms with Gasteiger partial charge in [-0.15, -0.1) is 0 Å². The van der Waals surface area contributed by atoms with Gasteiger partial charge in [-0.05, 0) is 30.5 Å². The number of benzene rings is 1. The number of aromatic nitrogens is 2. The van der Waals surface area contributed by atoms with Crippen LogP contribution in [0.1, 0.15) is 35.8 Å². The van der Waals surface area contributed by atoms with E-state index in [9.17, 15) is 14.7 Å². The molecule has 0 radical (unpaired) electrons. The average Bonchev–Trinajstić information content (AvgIpc) is 3.24. The third-order valence-electron chi connectivity index (χ3n) is 4.98. The monoisotopic (exact) mass is 345 g/mol. The van der Waals surface area contributed by atoms with E-state index in [1.165, 1.54) is 11.2 Å². The fraction of sp³-hybridized carbons (Fsp3) is 0.353. The summed E-state index contributed by atoms with van der Waals surface area (Å²) in [6, 6.07) is 6.21. The van der Waals surface area contributed by atoms with E-state index in [0.29, 0.717) is 23.7 Å². The summed E-state index contributed by atoms with van der Waals surface area (Å²) in [6.07, 6.45) is 3.52. The lowest BCUT2D eigenvalue weighted by atomic mass is 9.92. The molecule has 1 fully saturated rings. The number of fused-ring (bicyclic) bond motifs is 1. The molecule has 1 aliphatic carbocycles. The SMILES string of the molecule is O=C(O)C1c2nc[nH]c2CCN1C(=O)C1(c2ccc(Cl)cc2)CC1. The number of hydrogen-bond acceptors (Lipinski definition) is 3. The lowest BCUT2D eigenvalue weighted by Gasteiger charge is -2.35. The molecular weight excluding hydrogens is 330 g/mol. The van der Waals surface area contributed by atoms with Crippen molar-refractivity contribution in [2.75, 3.05) is 6.54 Å². The number of H-pyrrole nitrogens is 1. The number of carbonyl (C=O) groups excluding carboxylic acids is 1. The third-order valence-corrected chi connectivity index (χ3v) is 5.23. The first-order valence-corrected chi connectivity index (χ1v) is 8.23. The predicted molar refractivity (Wildman–Crippen MR) is 86.7 cm³/mol. The standard InChI is InChI=1S/C17H16ClN3O3/c18-11-3-1-10(2-4-11)17(6-7-17)16(24)21-8-5-12-13(20-9-19-12)14(21)15(22)23/h1-4,9,14H,5-8H2,(H,19,20)(H,22,23). The van der Waals surface area contributed by atoms with Gasteiger partial charge in [0.2, 0.25) is 5.91 Å². The van der Waals surface area contributed by atoms with E-state index in [1.54, 1.807) is 12.1 Å². The summed E-state index contributed by atoms with van der Waals surface area (Å²) in [4.78, 5) is 33.6. The number of halogens is 1. The van der Waals surface area contributed by atoms with Gasteiger partial charge in [-0.1, -0.05) is 23.7 Å². The van der Waals surface area contributed by atoms with Gasteiger partial charge >= 0.3 is 5.97 Å². The van der Waals surface area contributed by atoms with Crippen molar-refractivity contribution in [1.82, 2.24) is 14.9 Å². The maximum atomic E-state index is 13.2. The van der Waals surface area contributed by atoms with Gasteiger partial charge in [0.1, 0.15) is 0 Å². The highest BCUT2D eigenvalue weighted by Crippen LogP contribution is 2.51. The second-order valence-electron chi connectivity index (χ2n) is 6.34. The molecule has 1 aromatic carbocycles. The molecule has 2 heterocycles. The van der Waals surface area contributed by atoms with Crippen LogP contribution >= 0.6 is 11.6 Å². The smallest absolute Gasteiger partial charge is 0.332 e. The van der Waals surface area contributed by atoms with Gasteiger partial charge in [0, 0.05) is 23.7 Å². The van der Waals surface area contributed by atoms with Crippen LogP contribution in [0, 0.1) is 0 Å². The summed E-state index contributed by atoms with van der Waals surface area (Å²) in [5.74, 6) is -1.19. The van der Waals surface area contributed by atoms with Crippen LogP contribution in [0.5, 0.6) is 0 Å². The normalized spacial score (nSPS) is 21.2. The van der Waals surface area contributed by atoms with Crippen molar-refractivity contribution in [2.24, 2.45) is 0 Å². The molecule has 1 aliphatic heterocycles. The predicted octanol–water partition coefficient (Wildman–Crippen LogP) is 2.31. The molecule has 6 nitrogen and oxygen atoms in total. The van der Waals surface area contributed by atoms with Crippen LogP contribution in [0.2, 0.25) is 5.02 Å². The Labute approximate surface area is 143 Å². The van der Waals surface area contributed by atoms with Crippen LogP contribution in [0.4, 0.5) is 0 Å². The fourth-order valence-electron chi connectivity index (χ4n) is 3.54. The van der Waals surface area contributed by atoms with Crippen molar-refractivity contribution >= 4 is 23.5 Å². The molecule has 4 rings (SSSR count). The zero-order valence-corrected chi connectivity index (χ0v) is 13.6. The molecule has 2 N–H and O–H groups in total. The van der Waals surface area contributed by atoms with Gasteiger partial charge in [-0.3, -0.25) is 4.79 Å². The quantitative estimate of drug-likeness (QED) is 0.893. The maximum absolute atomic E-state index is 13.2. The molecule has 0 spiro atoms. The minimum absolute atomic E-state index is 0.133. The molecule has 0 saturated heterocycles. The second kappa shape index (κ2) is 5.34. The van der Waals surface area contributed by atoms with E-state index in [0.717, 1.165) is 24.1 Å². The van der Waals surface area contributed by atoms with Gasteiger partial charge in [0.25, 0.3) is 0 Å². The first kappa shape index (κ1) is 15.2. The summed E-state index contributed by atoms with van der Waals surface area (Å²) in [5.41, 5.74) is 1.51. The van der Waals surface area contributed by atoms with Gasteiger partial charge in [0.15, 0.2) is 6.04 Å². The summed E-state index contributed by atoms with van der Waals surface area (Å²) >= 11 is 5.93. The Hall–Kier alpha value is -2.34. The lowest BCUT2D eigenvalue weighted by Crippen LogP contribution is -2.48. The van der Waals surface area contributed by atoms with Crippen LogP contribution in [0.15, 0.2) is 30.6 Å². The first-order chi connectivity index (χ1) is 11.5. The minimum atomic E-state index is -1.05. The maximum Gasteiger partial charge on any atom is 0.332 e. The molecule has 124 valence electrons. The van der Waals surface area contributed by atoms with Crippen LogP contribution in [0.25, 0.3) is 0 Å². The van der Waals surface area contributed by atoms with Crippen LogP contribution in [0.3, 0.4) is 0 Å². The largest absolute Gasteiger partial charge is 0.479 e. The molecule has 2 aromatic rings. The number of amides is 1. The number of hydrogen-bond donors (Lipinski definition) is 2. The van der Waals surface area contributed by atoms with E-state index >= 15 is 0 Å². The highest BCUT2D eigenvalue weighted by molar-refractivity contribution is 6.30. The van der Waals surface area contributed by atoms with E-state index in [1.807, 2.05) is 12.1 Å². The molecule has 1 unspecified atom stereocenters. The Morgan fingerprint density at radius 3 is 2.62 bits per heavy atom. The zero-order chi connectivity index (χ0) is 16.9. The lowest BCUT2D eigenvalue weighted by molar-refractivity contribution is -0.152. The molecule has 7 heteroatoms. The van der Waals surface area contributed by atoms with E-state index in [4.69, 9.17) is 11.6 Å². The molecule has 1 amide bonds. The van der Waals surface area contributed by atoms with Crippen molar-refractivity contribution < 1.29 is 14.7 Å². The summed E-state index contributed by atoms with van der Waals surface area (Å²) in [6.45, 7) is 0.375. The third kappa shape index (κ3) is 2.21.